The van der Waals surface area contributed by atoms with E-state index in [1.54, 1.807) is 0 Å². The van der Waals surface area contributed by atoms with Gasteiger partial charge in [0.15, 0.2) is 0 Å². The van der Waals surface area contributed by atoms with E-state index < -0.39 is 6.08 Å². The second kappa shape index (κ2) is 12.4. The molecule has 0 saturated heterocycles. The average Bonchev–Trinajstić information content (AvgIpc) is 2.25. The summed E-state index contributed by atoms with van der Waals surface area (Å²) in [6, 6.07) is 0. The van der Waals surface area contributed by atoms with Gasteiger partial charge in [0.05, 0.1) is 0 Å². The summed E-state index contributed by atoms with van der Waals surface area (Å²) in [5.74, 6) is 0. The van der Waals surface area contributed by atoms with Crippen molar-refractivity contribution in [2.24, 2.45) is 0 Å². The molecule has 0 atom stereocenters. The highest BCUT2D eigenvalue weighted by Crippen LogP contribution is 2.10. The maximum Gasteiger partial charge on any atom is 0.312 e. The van der Waals surface area contributed by atoms with Gasteiger partial charge in [-0.15, -0.1) is 0 Å². The standard InChI is InChI=1S/C14H24F2/c1-2-3-4-5-6-7-8-9-10-11-12-13-14(15)16/h12H,2-11H2,1H3. The Bertz CT molecular complexity index is 199. The monoisotopic (exact) mass is 230 g/mol. The molecular weight excluding hydrogens is 206 g/mol. The molecule has 0 heterocycles. The van der Waals surface area contributed by atoms with Crippen LogP contribution in [-0.4, -0.2) is 0 Å². The van der Waals surface area contributed by atoms with E-state index in [9.17, 15) is 8.78 Å². The molecule has 0 radical (unpaired) electrons. The molecule has 0 aliphatic heterocycles. The molecule has 0 spiro atoms. The van der Waals surface area contributed by atoms with Crippen LogP contribution in [0.3, 0.4) is 0 Å². The van der Waals surface area contributed by atoms with Gasteiger partial charge in [-0.1, -0.05) is 64.0 Å². The number of halogens is 2. The van der Waals surface area contributed by atoms with Crippen LogP contribution in [0.25, 0.3) is 0 Å². The predicted octanol–water partition coefficient (Wildman–Crippen LogP) is 5.84. The molecule has 0 aromatic rings. The lowest BCUT2D eigenvalue weighted by Crippen LogP contribution is -1.80. The minimum Gasteiger partial charge on any atom is -0.164 e. The summed E-state index contributed by atoms with van der Waals surface area (Å²) < 4.78 is 23.2. The molecule has 0 aromatic carbocycles. The zero-order valence-corrected chi connectivity index (χ0v) is 10.4. The van der Waals surface area contributed by atoms with Gasteiger partial charge in [-0.3, -0.25) is 0 Å². The van der Waals surface area contributed by atoms with Gasteiger partial charge in [-0.05, 0) is 18.9 Å². The van der Waals surface area contributed by atoms with E-state index >= 15 is 0 Å². The maximum absolute atomic E-state index is 11.6. The van der Waals surface area contributed by atoms with E-state index in [1.165, 1.54) is 51.0 Å². The van der Waals surface area contributed by atoms with Crippen LogP contribution in [-0.2, 0) is 0 Å². The highest BCUT2D eigenvalue weighted by atomic mass is 19.3. The van der Waals surface area contributed by atoms with Crippen molar-refractivity contribution in [3.8, 4) is 0 Å². The molecule has 0 aromatic heterocycles. The second-order valence-electron chi connectivity index (χ2n) is 4.23. The summed E-state index contributed by atoms with van der Waals surface area (Å²) in [7, 11) is 0. The molecule has 0 aliphatic carbocycles. The minimum atomic E-state index is -1.71. The van der Waals surface area contributed by atoms with Crippen molar-refractivity contribution in [2.45, 2.75) is 71.1 Å². The van der Waals surface area contributed by atoms with Gasteiger partial charge in [0, 0.05) is 0 Å². The molecular formula is C14H24F2. The molecule has 16 heavy (non-hydrogen) atoms. The van der Waals surface area contributed by atoms with E-state index in [-0.39, 0.29) is 0 Å². The Morgan fingerprint density at radius 3 is 1.88 bits per heavy atom. The Morgan fingerprint density at radius 2 is 1.38 bits per heavy atom. The molecule has 0 rings (SSSR count). The van der Waals surface area contributed by atoms with Crippen molar-refractivity contribution < 1.29 is 8.78 Å². The molecule has 0 saturated carbocycles. The zero-order chi connectivity index (χ0) is 12.1. The summed E-state index contributed by atoms with van der Waals surface area (Å²) in [5, 5.41) is 0. The molecule has 94 valence electrons. The van der Waals surface area contributed by atoms with Crippen LogP contribution >= 0.6 is 0 Å². The van der Waals surface area contributed by atoms with Crippen LogP contribution in [0.1, 0.15) is 71.1 Å². The molecule has 0 aliphatic rings. The first kappa shape index (κ1) is 15.4. The maximum atomic E-state index is 11.6. The largest absolute Gasteiger partial charge is 0.312 e. The Labute approximate surface area is 98.4 Å². The Kier molecular flexibility index (Phi) is 12.0. The van der Waals surface area contributed by atoms with Crippen molar-refractivity contribution in [1.82, 2.24) is 0 Å². The predicted molar refractivity (Wildman–Crippen MR) is 65.7 cm³/mol. The lowest BCUT2D eigenvalue weighted by Gasteiger charge is -2.00. The highest BCUT2D eigenvalue weighted by molar-refractivity contribution is 4.83. The average molecular weight is 230 g/mol. The summed E-state index contributed by atoms with van der Waals surface area (Å²) >= 11 is 0. The fourth-order valence-corrected chi connectivity index (χ4v) is 1.71. The molecule has 0 bridgehead atoms. The van der Waals surface area contributed by atoms with Crippen LogP contribution in [0.2, 0.25) is 0 Å². The lowest BCUT2D eigenvalue weighted by atomic mass is 10.1. The summed E-state index contributed by atoms with van der Waals surface area (Å²) in [6.45, 7) is 2.22. The molecule has 0 unspecified atom stereocenters. The first-order chi connectivity index (χ1) is 7.77. The van der Waals surface area contributed by atoms with E-state index in [4.69, 9.17) is 0 Å². The molecule has 0 nitrogen and oxygen atoms in total. The van der Waals surface area contributed by atoms with Crippen molar-refractivity contribution in [2.75, 3.05) is 0 Å². The summed E-state index contributed by atoms with van der Waals surface area (Å²) in [5.41, 5.74) is 1.93. The van der Waals surface area contributed by atoms with Crippen molar-refractivity contribution in [3.05, 3.63) is 17.9 Å². The third-order valence-electron chi connectivity index (χ3n) is 2.66. The van der Waals surface area contributed by atoms with Crippen LogP contribution in [0.5, 0.6) is 0 Å². The van der Waals surface area contributed by atoms with E-state index in [0.29, 0.717) is 0 Å². The number of unbranched alkanes of at least 4 members (excludes halogenated alkanes) is 9. The fraction of sp³-hybridized carbons (Fsp3) is 0.786. The van der Waals surface area contributed by atoms with Gasteiger partial charge >= 0.3 is 6.08 Å². The van der Waals surface area contributed by atoms with Gasteiger partial charge in [-0.2, -0.15) is 8.78 Å². The van der Waals surface area contributed by atoms with Gasteiger partial charge < -0.3 is 0 Å². The van der Waals surface area contributed by atoms with E-state index in [2.05, 4.69) is 6.92 Å². The van der Waals surface area contributed by atoms with Gasteiger partial charge in [0.2, 0.25) is 0 Å². The van der Waals surface area contributed by atoms with Crippen LogP contribution in [0, 0.1) is 0 Å². The number of allylic oxidation sites excluding steroid dienone is 1. The van der Waals surface area contributed by atoms with Crippen molar-refractivity contribution >= 4 is 0 Å². The summed E-state index contributed by atoms with van der Waals surface area (Å²) in [4.78, 5) is 0. The number of rotatable bonds is 10. The van der Waals surface area contributed by atoms with Gasteiger partial charge in [-0.25, -0.2) is 0 Å². The summed E-state index contributed by atoms with van der Waals surface area (Å²) in [6.07, 6.45) is 11.8. The molecule has 0 amide bonds. The Morgan fingerprint density at radius 1 is 0.875 bits per heavy atom. The lowest BCUT2D eigenvalue weighted by molar-refractivity contribution is 0.423. The normalized spacial score (nSPS) is 9.94. The van der Waals surface area contributed by atoms with E-state index in [1.807, 2.05) is 5.73 Å². The first-order valence-corrected chi connectivity index (χ1v) is 6.53. The SMILES string of the molecule is CCCCCCCCCCCC=C=C(F)F. The van der Waals surface area contributed by atoms with Crippen LogP contribution < -0.4 is 0 Å². The second-order valence-corrected chi connectivity index (χ2v) is 4.23. The zero-order valence-electron chi connectivity index (χ0n) is 10.4. The quantitative estimate of drug-likeness (QED) is 0.326. The fourth-order valence-electron chi connectivity index (χ4n) is 1.71. The van der Waals surface area contributed by atoms with Gasteiger partial charge in [0.1, 0.15) is 0 Å². The number of hydrogen-bond donors (Lipinski definition) is 0. The third-order valence-corrected chi connectivity index (χ3v) is 2.66. The smallest absolute Gasteiger partial charge is 0.164 e. The highest BCUT2D eigenvalue weighted by Gasteiger charge is 1.91. The van der Waals surface area contributed by atoms with Crippen molar-refractivity contribution in [1.29, 1.82) is 0 Å². The van der Waals surface area contributed by atoms with Gasteiger partial charge in [0.25, 0.3) is 0 Å². The molecule has 2 heteroatoms. The Hall–Kier alpha value is -0.620. The van der Waals surface area contributed by atoms with E-state index in [0.717, 1.165) is 19.3 Å². The third kappa shape index (κ3) is 13.4. The Balaban J connectivity index is 3.07. The topological polar surface area (TPSA) is 0 Å². The minimum absolute atomic E-state index is 0.729. The first-order valence-electron chi connectivity index (χ1n) is 6.53. The van der Waals surface area contributed by atoms with Crippen molar-refractivity contribution in [3.63, 3.8) is 0 Å². The number of hydrogen-bond acceptors (Lipinski definition) is 0. The van der Waals surface area contributed by atoms with Crippen LogP contribution in [0.15, 0.2) is 17.9 Å². The van der Waals surface area contributed by atoms with Crippen LogP contribution in [0.4, 0.5) is 8.78 Å². The molecule has 0 N–H and O–H groups in total. The molecule has 0 fully saturated rings.